The van der Waals surface area contributed by atoms with Crippen LogP contribution in [0.4, 0.5) is 0 Å². The third-order valence-corrected chi connectivity index (χ3v) is 2.00. The maximum absolute atomic E-state index is 3.08. The molecule has 1 aromatic carbocycles. The van der Waals surface area contributed by atoms with Crippen molar-refractivity contribution in [2.45, 2.75) is 13.3 Å². The molecular formula is C10H9. The first kappa shape index (κ1) is 5.72. The van der Waals surface area contributed by atoms with E-state index in [2.05, 4.69) is 31.2 Å². The summed E-state index contributed by atoms with van der Waals surface area (Å²) in [6.45, 7) is 2.16. The Morgan fingerprint density at radius 3 is 3.20 bits per heavy atom. The third kappa shape index (κ3) is 0.688. The maximum Gasteiger partial charge on any atom is -0.00853 e. The fourth-order valence-electron chi connectivity index (χ4n) is 1.39. The molecule has 1 radical (unpaired) electrons. The summed E-state index contributed by atoms with van der Waals surface area (Å²) in [4.78, 5) is 0. The quantitative estimate of drug-likeness (QED) is 0.504. The van der Waals surface area contributed by atoms with Gasteiger partial charge in [-0.3, -0.25) is 0 Å². The van der Waals surface area contributed by atoms with E-state index < -0.39 is 0 Å². The Morgan fingerprint density at radius 2 is 2.40 bits per heavy atom. The Kier molecular flexibility index (Phi) is 1.13. The fraction of sp³-hybridized carbons (Fsp3) is 0.200. The smallest absolute Gasteiger partial charge is 0.00853 e. The monoisotopic (exact) mass is 129 g/mol. The highest BCUT2D eigenvalue weighted by Gasteiger charge is 2.07. The summed E-state index contributed by atoms with van der Waals surface area (Å²) in [5, 5.41) is 0. The lowest BCUT2D eigenvalue weighted by Crippen LogP contribution is -1.79. The van der Waals surface area contributed by atoms with E-state index in [1.165, 1.54) is 16.7 Å². The van der Waals surface area contributed by atoms with Crippen molar-refractivity contribution < 1.29 is 0 Å². The number of benzene rings is 1. The van der Waals surface area contributed by atoms with E-state index in [4.69, 9.17) is 0 Å². The van der Waals surface area contributed by atoms with E-state index in [1.54, 1.807) is 0 Å². The molecule has 2 rings (SSSR count). The molecule has 0 amide bonds. The first-order valence-corrected chi connectivity index (χ1v) is 3.54. The van der Waals surface area contributed by atoms with Gasteiger partial charge in [0.05, 0.1) is 0 Å². The van der Waals surface area contributed by atoms with Crippen molar-refractivity contribution in [3.8, 4) is 0 Å². The lowest BCUT2D eigenvalue weighted by atomic mass is 10.1. The van der Waals surface area contributed by atoms with Crippen LogP contribution in [-0.2, 0) is 6.42 Å². The second-order valence-corrected chi connectivity index (χ2v) is 2.67. The van der Waals surface area contributed by atoms with Gasteiger partial charge in [0, 0.05) is 0 Å². The zero-order valence-electron chi connectivity index (χ0n) is 6.02. The summed E-state index contributed by atoms with van der Waals surface area (Å²) in [6.07, 6.45) is 3.36. The highest BCUT2D eigenvalue weighted by molar-refractivity contribution is 5.71. The molecule has 0 unspecified atom stereocenters. The standard InChI is InChI=1S/C10H9/c1-8-6-7-9-4-2-3-5-10(8)9/h3-6H,7H2,1H3. The van der Waals surface area contributed by atoms with Crippen LogP contribution in [0.25, 0.3) is 5.57 Å². The Labute approximate surface area is 61.2 Å². The average molecular weight is 129 g/mol. The maximum atomic E-state index is 3.08. The molecule has 0 bridgehead atoms. The normalized spacial score (nSPS) is 14.7. The number of allylic oxidation sites excluding steroid dienone is 2. The molecule has 0 heterocycles. The van der Waals surface area contributed by atoms with E-state index in [0.717, 1.165) is 6.42 Å². The summed E-state index contributed by atoms with van der Waals surface area (Å²) in [6, 6.07) is 9.26. The molecule has 0 saturated carbocycles. The summed E-state index contributed by atoms with van der Waals surface area (Å²) in [5.74, 6) is 0. The van der Waals surface area contributed by atoms with Gasteiger partial charge in [0.2, 0.25) is 0 Å². The summed E-state index contributed by atoms with van der Waals surface area (Å²) < 4.78 is 0. The van der Waals surface area contributed by atoms with Crippen LogP contribution in [0, 0.1) is 6.07 Å². The Hall–Kier alpha value is -1.04. The first-order valence-electron chi connectivity index (χ1n) is 3.54. The van der Waals surface area contributed by atoms with E-state index in [0.29, 0.717) is 0 Å². The van der Waals surface area contributed by atoms with Crippen LogP contribution < -0.4 is 0 Å². The van der Waals surface area contributed by atoms with Gasteiger partial charge in [0.25, 0.3) is 0 Å². The Morgan fingerprint density at radius 1 is 1.50 bits per heavy atom. The van der Waals surface area contributed by atoms with Crippen LogP contribution in [0.15, 0.2) is 24.3 Å². The van der Waals surface area contributed by atoms with E-state index in [1.807, 2.05) is 6.07 Å². The predicted molar refractivity (Wildman–Crippen MR) is 42.6 cm³/mol. The van der Waals surface area contributed by atoms with Crippen molar-refractivity contribution in [2.75, 3.05) is 0 Å². The topological polar surface area (TPSA) is 0 Å². The van der Waals surface area contributed by atoms with E-state index in [-0.39, 0.29) is 0 Å². The summed E-state index contributed by atoms with van der Waals surface area (Å²) >= 11 is 0. The third-order valence-electron chi connectivity index (χ3n) is 2.00. The van der Waals surface area contributed by atoms with Gasteiger partial charge in [-0.2, -0.15) is 0 Å². The average Bonchev–Trinajstić information content (AvgIpc) is 2.34. The molecule has 0 N–H and O–H groups in total. The fourth-order valence-corrected chi connectivity index (χ4v) is 1.39. The van der Waals surface area contributed by atoms with Gasteiger partial charge in [-0.1, -0.05) is 24.3 Å². The summed E-state index contributed by atoms with van der Waals surface area (Å²) in [5.41, 5.74) is 4.22. The van der Waals surface area contributed by atoms with Crippen LogP contribution in [0.2, 0.25) is 0 Å². The van der Waals surface area contributed by atoms with Crippen LogP contribution in [0.3, 0.4) is 0 Å². The highest BCUT2D eigenvalue weighted by atomic mass is 14.1. The van der Waals surface area contributed by atoms with Gasteiger partial charge in [-0.25, -0.2) is 0 Å². The van der Waals surface area contributed by atoms with Gasteiger partial charge in [0.1, 0.15) is 0 Å². The molecule has 0 saturated heterocycles. The number of hydrogen-bond acceptors (Lipinski definition) is 0. The number of hydrogen-bond donors (Lipinski definition) is 0. The molecule has 1 aromatic rings. The van der Waals surface area contributed by atoms with Crippen LogP contribution in [0.1, 0.15) is 18.1 Å². The van der Waals surface area contributed by atoms with Gasteiger partial charge in [-0.15, -0.1) is 0 Å². The van der Waals surface area contributed by atoms with Crippen molar-refractivity contribution in [3.05, 3.63) is 41.5 Å². The van der Waals surface area contributed by atoms with Crippen molar-refractivity contribution >= 4 is 5.57 Å². The van der Waals surface area contributed by atoms with Crippen molar-refractivity contribution in [1.82, 2.24) is 0 Å². The van der Waals surface area contributed by atoms with Crippen LogP contribution >= 0.6 is 0 Å². The predicted octanol–water partition coefficient (Wildman–Crippen LogP) is 2.45. The van der Waals surface area contributed by atoms with Gasteiger partial charge in [0.15, 0.2) is 0 Å². The molecule has 0 atom stereocenters. The molecular weight excluding hydrogens is 120 g/mol. The van der Waals surface area contributed by atoms with Crippen molar-refractivity contribution in [2.24, 2.45) is 0 Å². The van der Waals surface area contributed by atoms with E-state index in [9.17, 15) is 0 Å². The molecule has 0 nitrogen and oxygen atoms in total. The van der Waals surface area contributed by atoms with Crippen LogP contribution in [0.5, 0.6) is 0 Å². The minimum Gasteiger partial charge on any atom is -0.0766 e. The first-order chi connectivity index (χ1) is 4.88. The molecule has 1 aliphatic rings. The van der Waals surface area contributed by atoms with Crippen molar-refractivity contribution in [1.29, 1.82) is 0 Å². The Bertz CT molecular complexity index is 282. The molecule has 0 aliphatic heterocycles. The number of rotatable bonds is 0. The van der Waals surface area contributed by atoms with Gasteiger partial charge >= 0.3 is 0 Å². The molecule has 49 valence electrons. The lowest BCUT2D eigenvalue weighted by Gasteiger charge is -1.97. The molecule has 10 heavy (non-hydrogen) atoms. The Balaban J connectivity index is 2.61. The SMILES string of the molecule is CC1=CCc2c[c]ccc21. The van der Waals surface area contributed by atoms with Crippen molar-refractivity contribution in [3.63, 3.8) is 0 Å². The zero-order valence-corrected chi connectivity index (χ0v) is 6.02. The zero-order chi connectivity index (χ0) is 6.97. The largest absolute Gasteiger partial charge is 0.0766 e. The lowest BCUT2D eigenvalue weighted by molar-refractivity contribution is 1.31. The second-order valence-electron chi connectivity index (χ2n) is 2.67. The summed E-state index contributed by atoms with van der Waals surface area (Å²) in [7, 11) is 0. The van der Waals surface area contributed by atoms with Gasteiger partial charge < -0.3 is 0 Å². The molecule has 0 heteroatoms. The van der Waals surface area contributed by atoms with E-state index >= 15 is 0 Å². The highest BCUT2D eigenvalue weighted by Crippen LogP contribution is 2.25. The second kappa shape index (κ2) is 1.98. The molecule has 1 aliphatic carbocycles. The van der Waals surface area contributed by atoms with Crippen LogP contribution in [-0.4, -0.2) is 0 Å². The minimum atomic E-state index is 1.10. The van der Waals surface area contributed by atoms with Gasteiger partial charge in [-0.05, 0) is 36.1 Å². The number of fused-ring (bicyclic) bond motifs is 1. The molecule has 0 spiro atoms. The molecule has 0 aromatic heterocycles. The minimum absolute atomic E-state index is 1.10. The molecule has 0 fully saturated rings.